The van der Waals surface area contributed by atoms with Gasteiger partial charge in [0.05, 0.1) is 6.04 Å². The zero-order chi connectivity index (χ0) is 21.7. The minimum absolute atomic E-state index is 0.0601. The molecule has 28 heavy (non-hydrogen) atoms. The van der Waals surface area contributed by atoms with Gasteiger partial charge in [0.15, 0.2) is 5.96 Å². The maximum atomic E-state index is 12.4. The number of carbonyl (C=O) groups is 5. The van der Waals surface area contributed by atoms with Crippen LogP contribution in [0.4, 0.5) is 0 Å². The van der Waals surface area contributed by atoms with E-state index in [9.17, 15) is 24.0 Å². The van der Waals surface area contributed by atoms with Gasteiger partial charge in [-0.25, -0.2) is 0 Å². The van der Waals surface area contributed by atoms with Crippen LogP contribution in [-0.4, -0.2) is 60.5 Å². The number of aldehydes is 1. The van der Waals surface area contributed by atoms with Crippen molar-refractivity contribution in [1.29, 1.82) is 0 Å². The highest BCUT2D eigenvalue weighted by molar-refractivity contribution is 5.92. The van der Waals surface area contributed by atoms with Crippen LogP contribution in [0.25, 0.3) is 0 Å². The van der Waals surface area contributed by atoms with Gasteiger partial charge in [0.25, 0.3) is 0 Å². The summed E-state index contributed by atoms with van der Waals surface area (Å²) < 4.78 is 0. The van der Waals surface area contributed by atoms with Crippen LogP contribution in [0.1, 0.15) is 39.5 Å². The molecule has 0 saturated heterocycles. The molecule has 0 rings (SSSR count). The molecule has 4 amide bonds. The van der Waals surface area contributed by atoms with E-state index in [0.717, 1.165) is 0 Å². The van der Waals surface area contributed by atoms with Crippen molar-refractivity contribution in [1.82, 2.24) is 16.0 Å². The lowest BCUT2D eigenvalue weighted by Gasteiger charge is -2.21. The molecule has 9 N–H and O–H groups in total. The quantitative estimate of drug-likeness (QED) is 0.0816. The standard InChI is InChI=1S/C16H29N7O5/c1-9(14(27)23-11(8-24)5-6-13(17)26)21-15(28)12(22-10(2)25)4-3-7-20-16(18)19/h8-9,11-12H,3-7H2,1-2H3,(H2,17,26)(H,21,28)(H,22,25)(H,23,27)(H4,18,19,20)/t9-,11-,12-/m0/s1. The van der Waals surface area contributed by atoms with E-state index in [4.69, 9.17) is 17.2 Å². The molecule has 3 atom stereocenters. The van der Waals surface area contributed by atoms with E-state index in [1.54, 1.807) is 0 Å². The fourth-order valence-corrected chi connectivity index (χ4v) is 2.18. The molecule has 0 spiro atoms. The minimum Gasteiger partial charge on any atom is -0.370 e. The topological polar surface area (TPSA) is 212 Å². The van der Waals surface area contributed by atoms with Crippen molar-refractivity contribution in [3.8, 4) is 0 Å². The van der Waals surface area contributed by atoms with Gasteiger partial charge in [0.2, 0.25) is 23.6 Å². The molecule has 0 aliphatic carbocycles. The van der Waals surface area contributed by atoms with Crippen molar-refractivity contribution in [2.75, 3.05) is 6.54 Å². The fourth-order valence-electron chi connectivity index (χ4n) is 2.18. The number of hydrogen-bond acceptors (Lipinski definition) is 6. The molecule has 12 nitrogen and oxygen atoms in total. The summed E-state index contributed by atoms with van der Waals surface area (Å²) in [6.45, 7) is 2.97. The predicted octanol–water partition coefficient (Wildman–Crippen LogP) is -3.00. The third-order valence-electron chi connectivity index (χ3n) is 3.58. The van der Waals surface area contributed by atoms with Crippen molar-refractivity contribution >= 4 is 35.9 Å². The average Bonchev–Trinajstić information content (AvgIpc) is 2.59. The smallest absolute Gasteiger partial charge is 0.243 e. The Morgan fingerprint density at radius 1 is 1.00 bits per heavy atom. The van der Waals surface area contributed by atoms with Crippen LogP contribution < -0.4 is 33.2 Å². The number of amides is 4. The summed E-state index contributed by atoms with van der Waals surface area (Å²) in [5.74, 6) is -2.26. The van der Waals surface area contributed by atoms with Crippen molar-refractivity contribution in [3.05, 3.63) is 0 Å². The summed E-state index contributed by atoms with van der Waals surface area (Å²) in [4.78, 5) is 61.4. The molecule has 0 radical (unpaired) electrons. The van der Waals surface area contributed by atoms with Gasteiger partial charge in [-0.05, 0) is 26.2 Å². The monoisotopic (exact) mass is 399 g/mol. The number of hydrogen-bond donors (Lipinski definition) is 6. The first-order valence-corrected chi connectivity index (χ1v) is 8.73. The van der Waals surface area contributed by atoms with Gasteiger partial charge in [-0.15, -0.1) is 0 Å². The van der Waals surface area contributed by atoms with Crippen LogP contribution in [0.5, 0.6) is 0 Å². The molecule has 0 bridgehead atoms. The summed E-state index contributed by atoms with van der Waals surface area (Å²) in [6, 6.07) is -2.75. The highest BCUT2D eigenvalue weighted by Gasteiger charge is 2.24. The molecule has 0 aromatic carbocycles. The Balaban J connectivity index is 4.72. The van der Waals surface area contributed by atoms with Gasteiger partial charge in [0, 0.05) is 19.9 Å². The third-order valence-corrected chi connectivity index (χ3v) is 3.58. The second kappa shape index (κ2) is 13.1. The van der Waals surface area contributed by atoms with E-state index in [2.05, 4.69) is 20.9 Å². The number of nitrogens with one attached hydrogen (secondary N) is 3. The molecule has 0 aromatic rings. The second-order valence-electron chi connectivity index (χ2n) is 6.19. The van der Waals surface area contributed by atoms with Gasteiger partial charge in [-0.2, -0.15) is 0 Å². The number of guanidine groups is 1. The number of primary amides is 1. The first kappa shape index (κ1) is 24.8. The van der Waals surface area contributed by atoms with Crippen molar-refractivity contribution in [3.63, 3.8) is 0 Å². The zero-order valence-corrected chi connectivity index (χ0v) is 16.1. The Hall–Kier alpha value is -3.18. The Bertz CT molecular complexity index is 604. The summed E-state index contributed by atoms with van der Waals surface area (Å²) >= 11 is 0. The number of nitrogens with zero attached hydrogens (tertiary/aromatic N) is 1. The summed E-state index contributed by atoms with van der Waals surface area (Å²) in [5, 5.41) is 7.38. The van der Waals surface area contributed by atoms with E-state index in [-0.39, 0.29) is 31.8 Å². The molecular weight excluding hydrogens is 370 g/mol. The van der Waals surface area contributed by atoms with Gasteiger partial charge >= 0.3 is 0 Å². The Morgan fingerprint density at radius 2 is 1.64 bits per heavy atom. The summed E-state index contributed by atoms with van der Waals surface area (Å²) in [6.07, 6.45) is 1.16. The van der Waals surface area contributed by atoms with E-state index in [1.165, 1.54) is 13.8 Å². The van der Waals surface area contributed by atoms with Crippen molar-refractivity contribution in [2.24, 2.45) is 22.2 Å². The number of aliphatic imine (C=N–C) groups is 1. The van der Waals surface area contributed by atoms with Crippen LogP contribution in [-0.2, 0) is 24.0 Å². The second-order valence-corrected chi connectivity index (χ2v) is 6.19. The van der Waals surface area contributed by atoms with Crippen LogP contribution in [0.2, 0.25) is 0 Å². The highest BCUT2D eigenvalue weighted by Crippen LogP contribution is 2.01. The number of carbonyl (C=O) groups excluding carboxylic acids is 5. The minimum atomic E-state index is -0.975. The first-order chi connectivity index (χ1) is 13.1. The lowest BCUT2D eigenvalue weighted by Crippen LogP contribution is -2.53. The predicted molar refractivity (Wildman–Crippen MR) is 102 cm³/mol. The normalized spacial score (nSPS) is 13.4. The van der Waals surface area contributed by atoms with Gasteiger partial charge in [0.1, 0.15) is 18.4 Å². The van der Waals surface area contributed by atoms with E-state index in [1.807, 2.05) is 0 Å². The molecule has 0 saturated carbocycles. The van der Waals surface area contributed by atoms with E-state index < -0.39 is 41.8 Å². The molecule has 0 fully saturated rings. The van der Waals surface area contributed by atoms with Crippen molar-refractivity contribution < 1.29 is 24.0 Å². The largest absolute Gasteiger partial charge is 0.370 e. The average molecular weight is 399 g/mol. The Morgan fingerprint density at radius 3 is 2.14 bits per heavy atom. The highest BCUT2D eigenvalue weighted by atomic mass is 16.2. The van der Waals surface area contributed by atoms with Gasteiger partial charge in [-0.3, -0.25) is 24.2 Å². The van der Waals surface area contributed by atoms with E-state index >= 15 is 0 Å². The molecule has 0 aromatic heterocycles. The van der Waals surface area contributed by atoms with E-state index in [0.29, 0.717) is 12.7 Å². The first-order valence-electron chi connectivity index (χ1n) is 8.73. The molecule has 0 aliphatic heterocycles. The molecule has 12 heteroatoms. The van der Waals surface area contributed by atoms with Gasteiger partial charge in [-0.1, -0.05) is 0 Å². The van der Waals surface area contributed by atoms with Crippen molar-refractivity contribution in [2.45, 2.75) is 57.7 Å². The molecule has 158 valence electrons. The SMILES string of the molecule is CC(=O)N[C@@H](CCCN=C(N)N)C(=O)N[C@@H](C)C(=O)N[C@H](C=O)CCC(N)=O. The molecule has 0 unspecified atom stereocenters. The lowest BCUT2D eigenvalue weighted by atomic mass is 10.1. The van der Waals surface area contributed by atoms with Crippen LogP contribution in [0.3, 0.4) is 0 Å². The number of nitrogens with two attached hydrogens (primary N) is 3. The van der Waals surface area contributed by atoms with Crippen LogP contribution in [0, 0.1) is 0 Å². The zero-order valence-electron chi connectivity index (χ0n) is 16.1. The summed E-state index contributed by atoms with van der Waals surface area (Å²) in [5.41, 5.74) is 15.5. The summed E-state index contributed by atoms with van der Waals surface area (Å²) in [7, 11) is 0. The molecule has 0 aliphatic rings. The molecular formula is C16H29N7O5. The maximum Gasteiger partial charge on any atom is 0.243 e. The van der Waals surface area contributed by atoms with Crippen LogP contribution >= 0.6 is 0 Å². The number of rotatable bonds is 13. The van der Waals surface area contributed by atoms with Gasteiger partial charge < -0.3 is 37.9 Å². The third kappa shape index (κ3) is 11.4. The Kier molecular flexibility index (Phi) is 11.6. The Labute approximate surface area is 163 Å². The fraction of sp³-hybridized carbons (Fsp3) is 0.625. The molecule has 0 heterocycles. The lowest BCUT2D eigenvalue weighted by molar-refractivity contribution is -0.132. The van der Waals surface area contributed by atoms with Crippen LogP contribution in [0.15, 0.2) is 4.99 Å². The maximum absolute atomic E-state index is 12.4.